The Bertz CT molecular complexity index is 1190. The molecule has 0 unspecified atom stereocenters. The minimum absolute atomic E-state index is 0.0458. The van der Waals surface area contributed by atoms with E-state index in [-0.39, 0.29) is 6.04 Å². The van der Waals surface area contributed by atoms with Crippen LogP contribution in [0.4, 0.5) is 0 Å². The maximum Gasteiger partial charge on any atom is 0.139 e. The fourth-order valence-electron chi connectivity index (χ4n) is 2.99. The van der Waals surface area contributed by atoms with Crippen LogP contribution in [0.3, 0.4) is 0 Å². The van der Waals surface area contributed by atoms with Gasteiger partial charge >= 0.3 is 0 Å². The van der Waals surface area contributed by atoms with Crippen LogP contribution in [0, 0.1) is 11.3 Å². The Balaban J connectivity index is 1.82. The molecule has 0 spiro atoms. The maximum absolute atomic E-state index is 9.15. The summed E-state index contributed by atoms with van der Waals surface area (Å²) in [7, 11) is 0. The molecule has 0 aliphatic carbocycles. The van der Waals surface area contributed by atoms with Crippen LogP contribution >= 0.6 is 11.6 Å². The van der Waals surface area contributed by atoms with Gasteiger partial charge in [-0.1, -0.05) is 23.7 Å². The molecule has 4 aromatic rings. The van der Waals surface area contributed by atoms with Crippen LogP contribution in [0.2, 0.25) is 5.02 Å². The van der Waals surface area contributed by atoms with Gasteiger partial charge in [0.25, 0.3) is 0 Å². The molecule has 5 nitrogen and oxygen atoms in total. The van der Waals surface area contributed by atoms with Crippen molar-refractivity contribution in [2.24, 2.45) is 5.73 Å². The predicted octanol–water partition coefficient (Wildman–Crippen LogP) is 4.63. The van der Waals surface area contributed by atoms with Crippen molar-refractivity contribution in [1.29, 1.82) is 5.26 Å². The number of hydrogen-bond acceptors (Lipinski definition) is 4. The number of pyridine rings is 1. The summed E-state index contributed by atoms with van der Waals surface area (Å²) in [6, 6.07) is 18.9. The third-order valence-electron chi connectivity index (χ3n) is 4.45. The van der Waals surface area contributed by atoms with Crippen molar-refractivity contribution < 1.29 is 0 Å². The minimum Gasteiger partial charge on any atom is -0.324 e. The maximum atomic E-state index is 9.15. The highest BCUT2D eigenvalue weighted by atomic mass is 35.5. The molecule has 0 amide bonds. The molecular formula is C21H16ClN5. The van der Waals surface area contributed by atoms with E-state index in [4.69, 9.17) is 27.6 Å². The van der Waals surface area contributed by atoms with E-state index in [1.807, 2.05) is 47.9 Å². The first-order valence-corrected chi connectivity index (χ1v) is 8.84. The Hall–Kier alpha value is -3.20. The molecule has 0 aliphatic heterocycles. The monoisotopic (exact) mass is 373 g/mol. The average Bonchev–Trinajstić information content (AvgIpc) is 3.11. The second kappa shape index (κ2) is 6.84. The molecule has 132 valence electrons. The van der Waals surface area contributed by atoms with Crippen LogP contribution in [-0.2, 0) is 0 Å². The summed E-state index contributed by atoms with van der Waals surface area (Å²) in [5.74, 6) is 0.724. The summed E-state index contributed by atoms with van der Waals surface area (Å²) >= 11 is 6.33. The number of nitrogens with two attached hydrogens (primary N) is 1. The first-order chi connectivity index (χ1) is 13.1. The Morgan fingerprint density at radius 2 is 2.00 bits per heavy atom. The lowest BCUT2D eigenvalue weighted by Gasteiger charge is -2.09. The summed E-state index contributed by atoms with van der Waals surface area (Å²) in [5, 5.41) is 9.70. The molecule has 1 atom stereocenters. The standard InChI is InChI=1S/C21H16ClN5/c1-13(24)15-6-8-20-19(10-15)25-12-27(20)21-4-2-3-18(26-21)16-9-14(11-23)5-7-17(16)22/h2-10,12-13H,24H2,1H3/t13-/m1/s1. The van der Waals surface area contributed by atoms with Crippen molar-refractivity contribution in [3.8, 4) is 23.1 Å². The van der Waals surface area contributed by atoms with E-state index >= 15 is 0 Å². The zero-order valence-electron chi connectivity index (χ0n) is 14.6. The van der Waals surface area contributed by atoms with Gasteiger partial charge in [-0.2, -0.15) is 5.26 Å². The quantitative estimate of drug-likeness (QED) is 0.567. The summed E-state index contributed by atoms with van der Waals surface area (Å²) in [6.45, 7) is 1.95. The normalized spacial score (nSPS) is 12.1. The fraction of sp³-hybridized carbons (Fsp3) is 0.0952. The molecule has 0 aliphatic rings. The van der Waals surface area contributed by atoms with Crippen LogP contribution in [-0.4, -0.2) is 14.5 Å². The van der Waals surface area contributed by atoms with Crippen LogP contribution in [0.15, 0.2) is 60.9 Å². The number of aromatic nitrogens is 3. The second-order valence-electron chi connectivity index (χ2n) is 6.34. The largest absolute Gasteiger partial charge is 0.324 e. The number of imidazole rings is 1. The molecule has 2 heterocycles. The van der Waals surface area contributed by atoms with Gasteiger partial charge in [0.05, 0.1) is 33.4 Å². The van der Waals surface area contributed by atoms with E-state index in [9.17, 15) is 0 Å². The molecule has 0 saturated heterocycles. The van der Waals surface area contributed by atoms with Gasteiger partial charge in [-0.3, -0.25) is 4.57 Å². The lowest BCUT2D eigenvalue weighted by atomic mass is 10.1. The summed E-state index contributed by atoms with van der Waals surface area (Å²) in [4.78, 5) is 9.22. The molecule has 27 heavy (non-hydrogen) atoms. The number of benzene rings is 2. The van der Waals surface area contributed by atoms with Crippen LogP contribution in [0.1, 0.15) is 24.1 Å². The van der Waals surface area contributed by atoms with E-state index in [2.05, 4.69) is 11.1 Å². The molecular weight excluding hydrogens is 358 g/mol. The van der Waals surface area contributed by atoms with Crippen LogP contribution in [0.25, 0.3) is 28.1 Å². The zero-order chi connectivity index (χ0) is 19.0. The average molecular weight is 374 g/mol. The summed E-state index contributed by atoms with van der Waals surface area (Å²) < 4.78 is 1.92. The molecule has 0 fully saturated rings. The Morgan fingerprint density at radius 1 is 1.15 bits per heavy atom. The highest BCUT2D eigenvalue weighted by Gasteiger charge is 2.11. The Kier molecular flexibility index (Phi) is 4.36. The SMILES string of the molecule is C[C@@H](N)c1ccc2c(c1)ncn2-c1cccc(-c2cc(C#N)ccc2Cl)n1. The topological polar surface area (TPSA) is 80.5 Å². The van der Waals surface area contributed by atoms with Gasteiger partial charge < -0.3 is 5.73 Å². The molecule has 0 saturated carbocycles. The van der Waals surface area contributed by atoms with Gasteiger partial charge in [0.15, 0.2) is 0 Å². The number of rotatable bonds is 3. The van der Waals surface area contributed by atoms with E-state index in [1.165, 1.54) is 0 Å². The number of halogens is 1. The highest BCUT2D eigenvalue weighted by Crippen LogP contribution is 2.29. The van der Waals surface area contributed by atoms with E-state index in [1.54, 1.807) is 24.5 Å². The van der Waals surface area contributed by atoms with E-state index in [0.29, 0.717) is 16.3 Å². The smallest absolute Gasteiger partial charge is 0.139 e. The predicted molar refractivity (Wildman–Crippen MR) is 107 cm³/mol. The van der Waals surface area contributed by atoms with Gasteiger partial charge in [0.1, 0.15) is 12.1 Å². The molecule has 2 aromatic carbocycles. The highest BCUT2D eigenvalue weighted by molar-refractivity contribution is 6.33. The van der Waals surface area contributed by atoms with Crippen molar-refractivity contribution in [2.45, 2.75) is 13.0 Å². The van der Waals surface area contributed by atoms with Gasteiger partial charge in [-0.05, 0) is 55.0 Å². The first-order valence-electron chi connectivity index (χ1n) is 8.47. The number of fused-ring (bicyclic) bond motifs is 1. The molecule has 6 heteroatoms. The van der Waals surface area contributed by atoms with Gasteiger partial charge in [0.2, 0.25) is 0 Å². The Morgan fingerprint density at radius 3 is 2.78 bits per heavy atom. The van der Waals surface area contributed by atoms with Crippen molar-refractivity contribution >= 4 is 22.6 Å². The van der Waals surface area contributed by atoms with Crippen molar-refractivity contribution in [3.05, 3.63) is 77.1 Å². The van der Waals surface area contributed by atoms with Gasteiger partial charge in [-0.25, -0.2) is 9.97 Å². The van der Waals surface area contributed by atoms with Crippen molar-refractivity contribution in [3.63, 3.8) is 0 Å². The molecule has 0 bridgehead atoms. The number of hydrogen-bond donors (Lipinski definition) is 1. The minimum atomic E-state index is -0.0458. The molecule has 2 aromatic heterocycles. The number of nitrogens with zero attached hydrogens (tertiary/aromatic N) is 4. The third kappa shape index (κ3) is 3.17. The summed E-state index contributed by atoms with van der Waals surface area (Å²) in [6.07, 6.45) is 1.75. The third-order valence-corrected chi connectivity index (χ3v) is 4.78. The lowest BCUT2D eigenvalue weighted by Crippen LogP contribution is -2.04. The molecule has 2 N–H and O–H groups in total. The van der Waals surface area contributed by atoms with Gasteiger partial charge in [-0.15, -0.1) is 0 Å². The van der Waals surface area contributed by atoms with E-state index < -0.39 is 0 Å². The van der Waals surface area contributed by atoms with Crippen LogP contribution < -0.4 is 5.73 Å². The zero-order valence-corrected chi connectivity index (χ0v) is 15.4. The number of nitriles is 1. The van der Waals surface area contributed by atoms with E-state index in [0.717, 1.165) is 28.0 Å². The second-order valence-corrected chi connectivity index (χ2v) is 6.75. The summed E-state index contributed by atoms with van der Waals surface area (Å²) in [5.41, 5.74) is 10.8. The lowest BCUT2D eigenvalue weighted by molar-refractivity contribution is 0.819. The molecule has 0 radical (unpaired) electrons. The fourth-order valence-corrected chi connectivity index (χ4v) is 3.21. The Labute approximate surface area is 161 Å². The van der Waals surface area contributed by atoms with Crippen LogP contribution in [0.5, 0.6) is 0 Å². The van der Waals surface area contributed by atoms with Crippen molar-refractivity contribution in [1.82, 2.24) is 14.5 Å². The van der Waals surface area contributed by atoms with Crippen molar-refractivity contribution in [2.75, 3.05) is 0 Å². The molecule has 4 rings (SSSR count). The first kappa shape index (κ1) is 17.2. The van der Waals surface area contributed by atoms with Gasteiger partial charge in [0, 0.05) is 11.6 Å².